The largest absolute Gasteiger partial charge is 0.469 e. The van der Waals surface area contributed by atoms with Crippen molar-refractivity contribution in [3.8, 4) is 0 Å². The van der Waals surface area contributed by atoms with Crippen molar-refractivity contribution in [3.05, 3.63) is 39.2 Å². The summed E-state index contributed by atoms with van der Waals surface area (Å²) < 4.78 is 18.0. The van der Waals surface area contributed by atoms with Gasteiger partial charge in [0.05, 0.1) is 18.5 Å². The van der Waals surface area contributed by atoms with Crippen molar-refractivity contribution in [1.82, 2.24) is 0 Å². The first kappa shape index (κ1) is 12.1. The van der Waals surface area contributed by atoms with E-state index in [4.69, 9.17) is 0 Å². The molecule has 0 heterocycles. The monoisotopic (exact) mass is 227 g/mol. The van der Waals surface area contributed by atoms with Crippen LogP contribution in [0.15, 0.2) is 12.1 Å². The summed E-state index contributed by atoms with van der Waals surface area (Å²) in [6.07, 6.45) is -0.310. The van der Waals surface area contributed by atoms with E-state index in [-0.39, 0.29) is 12.0 Å². The number of hydrogen-bond acceptors (Lipinski definition) is 4. The lowest BCUT2D eigenvalue weighted by atomic mass is 10.0. The molecule has 0 N–H and O–H groups in total. The Morgan fingerprint density at radius 2 is 2.19 bits per heavy atom. The van der Waals surface area contributed by atoms with E-state index in [1.54, 1.807) is 6.92 Å². The molecule has 0 aliphatic heterocycles. The maximum atomic E-state index is 13.6. The van der Waals surface area contributed by atoms with Gasteiger partial charge in [0.25, 0.3) is 0 Å². The first-order chi connectivity index (χ1) is 7.47. The second kappa shape index (κ2) is 4.69. The van der Waals surface area contributed by atoms with Crippen molar-refractivity contribution in [2.75, 3.05) is 7.11 Å². The summed E-state index contributed by atoms with van der Waals surface area (Å²) in [5.41, 5.74) is -0.154. The van der Waals surface area contributed by atoms with Crippen molar-refractivity contribution in [2.45, 2.75) is 13.3 Å². The summed E-state index contributed by atoms with van der Waals surface area (Å²) in [6, 6.07) is 2.48. The van der Waals surface area contributed by atoms with Gasteiger partial charge in [0.15, 0.2) is 0 Å². The Bertz CT molecular complexity index is 445. The molecule has 0 saturated carbocycles. The number of halogens is 1. The number of aryl methyl sites for hydroxylation is 1. The molecule has 1 aromatic rings. The molecule has 0 unspecified atom stereocenters. The van der Waals surface area contributed by atoms with Crippen LogP contribution in [0, 0.1) is 22.9 Å². The summed E-state index contributed by atoms with van der Waals surface area (Å²) in [5, 5.41) is 10.5. The molecule has 0 aliphatic carbocycles. The van der Waals surface area contributed by atoms with E-state index in [2.05, 4.69) is 4.74 Å². The van der Waals surface area contributed by atoms with Crippen LogP contribution < -0.4 is 0 Å². The molecule has 0 amide bonds. The van der Waals surface area contributed by atoms with Crippen LogP contribution in [0.5, 0.6) is 0 Å². The molecular weight excluding hydrogens is 217 g/mol. The first-order valence-electron chi connectivity index (χ1n) is 4.46. The fourth-order valence-corrected chi connectivity index (χ4v) is 1.28. The molecule has 0 radical (unpaired) electrons. The van der Waals surface area contributed by atoms with Crippen molar-refractivity contribution >= 4 is 11.7 Å². The molecule has 5 nitrogen and oxygen atoms in total. The summed E-state index contributed by atoms with van der Waals surface area (Å²) in [7, 11) is 1.17. The number of carbonyl (C=O) groups excluding carboxylic acids is 1. The molecule has 1 aromatic carbocycles. The minimum Gasteiger partial charge on any atom is -0.469 e. The molecule has 0 aliphatic rings. The normalized spacial score (nSPS) is 9.94. The highest BCUT2D eigenvalue weighted by Gasteiger charge is 2.21. The minimum atomic E-state index is -0.976. The molecule has 0 aromatic heterocycles. The number of benzene rings is 1. The van der Waals surface area contributed by atoms with Crippen LogP contribution >= 0.6 is 0 Å². The Kier molecular flexibility index (Phi) is 3.55. The van der Waals surface area contributed by atoms with Crippen LogP contribution in [0.3, 0.4) is 0 Å². The average Bonchev–Trinajstić information content (AvgIpc) is 2.23. The molecule has 0 fully saturated rings. The Labute approximate surface area is 91.0 Å². The van der Waals surface area contributed by atoms with Gasteiger partial charge in [0.2, 0.25) is 5.82 Å². The highest BCUT2D eigenvalue weighted by atomic mass is 19.1. The summed E-state index contributed by atoms with van der Waals surface area (Å²) in [6.45, 7) is 1.57. The number of nitro groups is 1. The van der Waals surface area contributed by atoms with Gasteiger partial charge in [-0.1, -0.05) is 6.07 Å². The highest BCUT2D eigenvalue weighted by molar-refractivity contribution is 5.73. The first-order valence-corrected chi connectivity index (χ1v) is 4.46. The molecule has 1 rings (SSSR count). The van der Waals surface area contributed by atoms with E-state index in [1.165, 1.54) is 13.2 Å². The van der Waals surface area contributed by atoms with Crippen LogP contribution in [-0.2, 0) is 16.0 Å². The zero-order valence-corrected chi connectivity index (χ0v) is 8.82. The molecular formula is C10H10FNO4. The van der Waals surface area contributed by atoms with E-state index < -0.39 is 22.4 Å². The topological polar surface area (TPSA) is 69.4 Å². The molecule has 16 heavy (non-hydrogen) atoms. The maximum absolute atomic E-state index is 13.6. The van der Waals surface area contributed by atoms with Gasteiger partial charge in [-0.15, -0.1) is 0 Å². The van der Waals surface area contributed by atoms with Gasteiger partial charge in [-0.3, -0.25) is 14.9 Å². The van der Waals surface area contributed by atoms with Crippen LogP contribution in [0.4, 0.5) is 10.1 Å². The van der Waals surface area contributed by atoms with Gasteiger partial charge >= 0.3 is 11.7 Å². The van der Waals surface area contributed by atoms with Gasteiger partial charge in [-0.25, -0.2) is 0 Å². The Balaban J connectivity index is 3.21. The van der Waals surface area contributed by atoms with Crippen LogP contribution in [0.1, 0.15) is 11.1 Å². The van der Waals surface area contributed by atoms with Crippen molar-refractivity contribution in [3.63, 3.8) is 0 Å². The number of carbonyl (C=O) groups is 1. The average molecular weight is 227 g/mol. The number of methoxy groups -OCH3 is 1. The lowest BCUT2D eigenvalue weighted by Crippen LogP contribution is -2.09. The molecule has 0 bridgehead atoms. The van der Waals surface area contributed by atoms with Crippen LogP contribution in [-0.4, -0.2) is 18.0 Å². The van der Waals surface area contributed by atoms with E-state index in [0.29, 0.717) is 5.56 Å². The van der Waals surface area contributed by atoms with E-state index in [1.807, 2.05) is 0 Å². The predicted octanol–water partition coefficient (Wildman–Crippen LogP) is 1.76. The third-order valence-electron chi connectivity index (χ3n) is 2.20. The highest BCUT2D eigenvalue weighted by Crippen LogP contribution is 2.23. The van der Waals surface area contributed by atoms with Gasteiger partial charge in [0, 0.05) is 11.6 Å². The summed E-state index contributed by atoms with van der Waals surface area (Å²) >= 11 is 0. The molecule has 0 saturated heterocycles. The zero-order valence-electron chi connectivity index (χ0n) is 8.82. The van der Waals surface area contributed by atoms with Crippen molar-refractivity contribution in [1.29, 1.82) is 0 Å². The SMILES string of the molecule is COC(=O)Cc1c(C)ccc([N+](=O)[O-])c1F. The van der Waals surface area contributed by atoms with E-state index in [9.17, 15) is 19.3 Å². The Morgan fingerprint density at radius 1 is 1.56 bits per heavy atom. The molecule has 0 spiro atoms. The fourth-order valence-electron chi connectivity index (χ4n) is 1.28. The third-order valence-corrected chi connectivity index (χ3v) is 2.20. The van der Waals surface area contributed by atoms with Crippen molar-refractivity contribution < 1.29 is 18.8 Å². The number of ether oxygens (including phenoxy) is 1. The number of nitrogens with zero attached hydrogens (tertiary/aromatic N) is 1. The summed E-state index contributed by atoms with van der Waals surface area (Å²) in [4.78, 5) is 20.7. The third kappa shape index (κ3) is 2.33. The number of hydrogen-bond donors (Lipinski definition) is 0. The molecule has 6 heteroatoms. The predicted molar refractivity (Wildman–Crippen MR) is 53.5 cm³/mol. The smallest absolute Gasteiger partial charge is 0.310 e. The standard InChI is InChI=1S/C10H10FNO4/c1-6-3-4-8(12(14)15)10(11)7(6)5-9(13)16-2/h3-4H,5H2,1-2H3. The molecule has 86 valence electrons. The zero-order chi connectivity index (χ0) is 12.3. The maximum Gasteiger partial charge on any atom is 0.310 e. The minimum absolute atomic E-state index is 0.000972. The number of nitro benzene ring substituents is 1. The Hall–Kier alpha value is -1.98. The lowest BCUT2D eigenvalue weighted by Gasteiger charge is -2.06. The van der Waals surface area contributed by atoms with E-state index >= 15 is 0 Å². The summed E-state index contributed by atoms with van der Waals surface area (Å²) in [5.74, 6) is -1.61. The van der Waals surface area contributed by atoms with Gasteiger partial charge in [-0.05, 0) is 12.5 Å². The lowest BCUT2D eigenvalue weighted by molar-refractivity contribution is -0.387. The quantitative estimate of drug-likeness (QED) is 0.448. The van der Waals surface area contributed by atoms with Crippen LogP contribution in [0.2, 0.25) is 0 Å². The second-order valence-electron chi connectivity index (χ2n) is 3.20. The van der Waals surface area contributed by atoms with Gasteiger partial charge in [-0.2, -0.15) is 4.39 Å². The van der Waals surface area contributed by atoms with Gasteiger partial charge < -0.3 is 4.74 Å². The molecule has 0 atom stereocenters. The van der Waals surface area contributed by atoms with Crippen molar-refractivity contribution in [2.24, 2.45) is 0 Å². The Morgan fingerprint density at radius 3 is 2.69 bits per heavy atom. The number of rotatable bonds is 3. The fraction of sp³-hybridized carbons (Fsp3) is 0.300. The van der Waals surface area contributed by atoms with Gasteiger partial charge in [0.1, 0.15) is 0 Å². The second-order valence-corrected chi connectivity index (χ2v) is 3.20. The van der Waals surface area contributed by atoms with E-state index in [0.717, 1.165) is 6.07 Å². The van der Waals surface area contributed by atoms with Crippen LogP contribution in [0.25, 0.3) is 0 Å². The number of esters is 1.